The second-order valence-corrected chi connectivity index (χ2v) is 12.7. The van der Waals surface area contributed by atoms with Gasteiger partial charge in [-0.25, -0.2) is 0 Å². The smallest absolute Gasteiger partial charge is 0.305 e. The standard InChI is InChI=1S/C39H78O8/c1-3-5-7-9-11-13-14-15-16-18-20-22-24-26-41-27-28-42-29-30-43-31-32-44-33-34-45-35-36-46-37-38-47-39(40)25-23-21-19-17-12-10-8-6-4-2/h3-38H2,1-2H3. The molecule has 0 heterocycles. The van der Waals surface area contributed by atoms with Crippen molar-refractivity contribution in [3.63, 3.8) is 0 Å². The summed E-state index contributed by atoms with van der Waals surface area (Å²) in [6.07, 6.45) is 29.5. The number of unbranched alkanes of at least 4 members (excludes halogenated alkanes) is 20. The molecule has 0 aromatic heterocycles. The number of carbonyl (C=O) groups is 1. The molecule has 47 heavy (non-hydrogen) atoms. The minimum Gasteiger partial charge on any atom is -0.463 e. The molecule has 0 aliphatic heterocycles. The fourth-order valence-corrected chi connectivity index (χ4v) is 5.29. The molecular formula is C39H78O8. The first-order valence-electron chi connectivity index (χ1n) is 19.9. The molecule has 0 rings (SSSR count). The van der Waals surface area contributed by atoms with Gasteiger partial charge in [-0.15, -0.1) is 0 Å². The van der Waals surface area contributed by atoms with Gasteiger partial charge in [-0.1, -0.05) is 142 Å². The van der Waals surface area contributed by atoms with Gasteiger partial charge in [-0.05, 0) is 12.8 Å². The predicted octanol–water partition coefficient (Wildman–Crippen LogP) is 9.64. The molecule has 0 fully saturated rings. The largest absolute Gasteiger partial charge is 0.463 e. The van der Waals surface area contributed by atoms with Crippen molar-refractivity contribution in [1.82, 2.24) is 0 Å². The van der Waals surface area contributed by atoms with E-state index in [1.54, 1.807) is 0 Å². The zero-order chi connectivity index (χ0) is 34.0. The van der Waals surface area contributed by atoms with Crippen molar-refractivity contribution in [3.05, 3.63) is 0 Å². The predicted molar refractivity (Wildman–Crippen MR) is 193 cm³/mol. The van der Waals surface area contributed by atoms with Gasteiger partial charge in [0.2, 0.25) is 0 Å². The van der Waals surface area contributed by atoms with Gasteiger partial charge in [-0.2, -0.15) is 0 Å². The number of esters is 1. The van der Waals surface area contributed by atoms with Crippen molar-refractivity contribution >= 4 is 5.97 Å². The summed E-state index contributed by atoms with van der Waals surface area (Å²) in [5.41, 5.74) is 0. The second kappa shape index (κ2) is 43.3. The first-order valence-corrected chi connectivity index (χ1v) is 19.9. The van der Waals surface area contributed by atoms with Crippen LogP contribution in [0.3, 0.4) is 0 Å². The molecule has 282 valence electrons. The molecule has 8 nitrogen and oxygen atoms in total. The quantitative estimate of drug-likeness (QED) is 0.0468. The van der Waals surface area contributed by atoms with Crippen LogP contribution in [-0.4, -0.2) is 91.9 Å². The Morgan fingerprint density at radius 2 is 0.553 bits per heavy atom. The van der Waals surface area contributed by atoms with Crippen molar-refractivity contribution in [2.75, 3.05) is 85.9 Å². The van der Waals surface area contributed by atoms with E-state index in [-0.39, 0.29) is 5.97 Å². The Morgan fingerprint density at radius 3 is 0.894 bits per heavy atom. The highest BCUT2D eigenvalue weighted by molar-refractivity contribution is 5.69. The Kier molecular flexibility index (Phi) is 42.5. The zero-order valence-corrected chi connectivity index (χ0v) is 31.2. The highest BCUT2D eigenvalue weighted by Crippen LogP contribution is 2.13. The van der Waals surface area contributed by atoms with E-state index in [9.17, 15) is 4.79 Å². The van der Waals surface area contributed by atoms with Gasteiger partial charge in [0.1, 0.15) is 6.61 Å². The molecule has 0 amide bonds. The van der Waals surface area contributed by atoms with Crippen LogP contribution in [0.15, 0.2) is 0 Å². The maximum atomic E-state index is 11.8. The molecule has 0 atom stereocenters. The van der Waals surface area contributed by atoms with Gasteiger partial charge in [0.05, 0.1) is 72.7 Å². The third kappa shape index (κ3) is 43.2. The normalized spacial score (nSPS) is 11.4. The number of ether oxygens (including phenoxy) is 7. The average Bonchev–Trinajstić information content (AvgIpc) is 3.08. The summed E-state index contributed by atoms with van der Waals surface area (Å²) in [5.74, 6) is -0.123. The van der Waals surface area contributed by atoms with Crippen molar-refractivity contribution in [2.24, 2.45) is 0 Å². The third-order valence-electron chi connectivity index (χ3n) is 8.23. The van der Waals surface area contributed by atoms with Gasteiger partial charge < -0.3 is 33.2 Å². The van der Waals surface area contributed by atoms with Gasteiger partial charge in [0.25, 0.3) is 0 Å². The summed E-state index contributed by atoms with van der Waals surface area (Å²) in [5, 5.41) is 0. The number of hydrogen-bond donors (Lipinski definition) is 0. The maximum absolute atomic E-state index is 11.8. The van der Waals surface area contributed by atoms with Gasteiger partial charge in [0, 0.05) is 13.0 Å². The van der Waals surface area contributed by atoms with E-state index in [0.717, 1.165) is 25.9 Å². The Balaban J connectivity index is 3.10. The summed E-state index contributed by atoms with van der Waals surface area (Å²) in [4.78, 5) is 11.8. The van der Waals surface area contributed by atoms with Crippen LogP contribution in [0.5, 0.6) is 0 Å². The van der Waals surface area contributed by atoms with E-state index >= 15 is 0 Å². The molecule has 0 aromatic carbocycles. The lowest BCUT2D eigenvalue weighted by molar-refractivity contribution is -0.145. The first kappa shape index (κ1) is 46.2. The summed E-state index contributed by atoms with van der Waals surface area (Å²) >= 11 is 0. The van der Waals surface area contributed by atoms with E-state index in [1.807, 2.05) is 0 Å². The molecule has 0 spiro atoms. The van der Waals surface area contributed by atoms with Gasteiger partial charge >= 0.3 is 5.97 Å². The summed E-state index contributed by atoms with van der Waals surface area (Å²) < 4.78 is 38.5. The lowest BCUT2D eigenvalue weighted by atomic mass is 10.0. The Labute approximate surface area is 291 Å². The minimum atomic E-state index is -0.123. The summed E-state index contributed by atoms with van der Waals surface area (Å²) in [6, 6.07) is 0. The average molecular weight is 675 g/mol. The fourth-order valence-electron chi connectivity index (χ4n) is 5.29. The highest BCUT2D eigenvalue weighted by Gasteiger charge is 2.03. The Bertz CT molecular complexity index is 577. The van der Waals surface area contributed by atoms with Crippen LogP contribution < -0.4 is 0 Å². The summed E-state index contributed by atoms with van der Waals surface area (Å²) in [7, 11) is 0. The van der Waals surface area contributed by atoms with Crippen LogP contribution in [0.4, 0.5) is 0 Å². The van der Waals surface area contributed by atoms with Crippen LogP contribution >= 0.6 is 0 Å². The highest BCUT2D eigenvalue weighted by atomic mass is 16.6. The Hall–Kier alpha value is -0.770. The monoisotopic (exact) mass is 675 g/mol. The molecule has 8 heteroatoms. The lowest BCUT2D eigenvalue weighted by Gasteiger charge is -2.08. The topological polar surface area (TPSA) is 81.7 Å². The molecule has 0 N–H and O–H groups in total. The molecule has 0 aliphatic carbocycles. The van der Waals surface area contributed by atoms with Crippen LogP contribution in [-0.2, 0) is 38.0 Å². The van der Waals surface area contributed by atoms with Crippen LogP contribution in [0, 0.1) is 0 Å². The fraction of sp³-hybridized carbons (Fsp3) is 0.974. The van der Waals surface area contributed by atoms with Crippen molar-refractivity contribution in [3.8, 4) is 0 Å². The van der Waals surface area contributed by atoms with Gasteiger partial charge in [0.15, 0.2) is 0 Å². The maximum Gasteiger partial charge on any atom is 0.305 e. The number of hydrogen-bond acceptors (Lipinski definition) is 8. The van der Waals surface area contributed by atoms with Crippen LogP contribution in [0.25, 0.3) is 0 Å². The SMILES string of the molecule is CCCCCCCCCCCCCCCOCCOCCOCCOCCOCCOCCOC(=O)CCCCCCCCCCC. The van der Waals surface area contributed by atoms with E-state index in [0.29, 0.717) is 85.7 Å². The number of rotatable bonds is 42. The second-order valence-electron chi connectivity index (χ2n) is 12.7. The van der Waals surface area contributed by atoms with E-state index < -0.39 is 0 Å². The number of carbonyl (C=O) groups excluding carboxylic acids is 1. The van der Waals surface area contributed by atoms with E-state index in [4.69, 9.17) is 33.2 Å². The molecule has 0 aromatic rings. The van der Waals surface area contributed by atoms with Crippen molar-refractivity contribution in [1.29, 1.82) is 0 Å². The van der Waals surface area contributed by atoms with E-state index in [2.05, 4.69) is 13.8 Å². The molecule has 0 saturated heterocycles. The van der Waals surface area contributed by atoms with Gasteiger partial charge in [-0.3, -0.25) is 4.79 Å². The first-order chi connectivity index (χ1) is 23.3. The molecule has 0 saturated carbocycles. The minimum absolute atomic E-state index is 0.123. The molecular weight excluding hydrogens is 596 g/mol. The van der Waals surface area contributed by atoms with Crippen molar-refractivity contribution in [2.45, 2.75) is 162 Å². The van der Waals surface area contributed by atoms with E-state index in [1.165, 1.54) is 122 Å². The molecule has 0 unspecified atom stereocenters. The lowest BCUT2D eigenvalue weighted by Crippen LogP contribution is -2.15. The van der Waals surface area contributed by atoms with Crippen molar-refractivity contribution < 1.29 is 38.0 Å². The molecule has 0 bridgehead atoms. The molecule has 0 aliphatic rings. The molecule has 0 radical (unpaired) electrons. The Morgan fingerprint density at radius 1 is 0.298 bits per heavy atom. The zero-order valence-electron chi connectivity index (χ0n) is 31.2. The summed E-state index contributed by atoms with van der Waals surface area (Å²) in [6.45, 7) is 11.5. The third-order valence-corrected chi connectivity index (χ3v) is 8.23. The van der Waals surface area contributed by atoms with Crippen LogP contribution in [0.2, 0.25) is 0 Å². The van der Waals surface area contributed by atoms with Crippen LogP contribution in [0.1, 0.15) is 162 Å².